The molecule has 0 aliphatic rings. The Kier molecular flexibility index (Phi) is 7.10. The lowest BCUT2D eigenvalue weighted by molar-refractivity contribution is -0.137. The molecule has 35 heavy (non-hydrogen) atoms. The number of aromatic nitrogens is 2. The van der Waals surface area contributed by atoms with E-state index in [4.69, 9.17) is 4.74 Å². The topological polar surface area (TPSA) is 64.1 Å². The highest BCUT2D eigenvalue weighted by atomic mass is 19.4. The second-order valence-corrected chi connectivity index (χ2v) is 7.83. The van der Waals surface area contributed by atoms with Crippen molar-refractivity contribution in [1.29, 1.82) is 0 Å². The van der Waals surface area contributed by atoms with Crippen molar-refractivity contribution < 1.29 is 22.7 Å². The van der Waals surface area contributed by atoms with Crippen LogP contribution in [0.5, 0.6) is 5.88 Å². The summed E-state index contributed by atoms with van der Waals surface area (Å²) in [5.74, 6) is 0.0224. The number of pyridine rings is 2. The third kappa shape index (κ3) is 6.03. The second-order valence-electron chi connectivity index (χ2n) is 7.83. The standard InChI is InChI=1S/C27H22F3N3O2/c1-18-5-4-7-23(25(18)19-8-10-20(11-9-19)27(28,29)30)26(34)33-22-12-13-24(32-17-22)35-16-14-21-6-2-3-15-31-21/h2-13,15,17H,14,16H2,1H3,(H,33,34). The van der Waals surface area contributed by atoms with Gasteiger partial charge in [-0.2, -0.15) is 13.2 Å². The maximum absolute atomic E-state index is 13.0. The summed E-state index contributed by atoms with van der Waals surface area (Å²) in [6, 6.07) is 19.0. The molecule has 5 nitrogen and oxygen atoms in total. The van der Waals surface area contributed by atoms with Gasteiger partial charge in [0.15, 0.2) is 0 Å². The number of hydrogen-bond acceptors (Lipinski definition) is 4. The zero-order chi connectivity index (χ0) is 24.8. The molecule has 0 atom stereocenters. The predicted molar refractivity (Wildman–Crippen MR) is 127 cm³/mol. The number of rotatable bonds is 7. The van der Waals surface area contributed by atoms with Crippen molar-refractivity contribution in [2.75, 3.05) is 11.9 Å². The van der Waals surface area contributed by atoms with Crippen molar-refractivity contribution in [3.05, 3.63) is 108 Å². The summed E-state index contributed by atoms with van der Waals surface area (Å²) in [6.07, 6.45) is -0.573. The van der Waals surface area contributed by atoms with Crippen LogP contribution in [0.15, 0.2) is 85.2 Å². The molecule has 1 amide bonds. The molecule has 0 radical (unpaired) electrons. The minimum Gasteiger partial charge on any atom is -0.477 e. The van der Waals surface area contributed by atoms with Crippen LogP contribution in [0, 0.1) is 6.92 Å². The van der Waals surface area contributed by atoms with Gasteiger partial charge in [0, 0.05) is 29.9 Å². The van der Waals surface area contributed by atoms with E-state index in [1.54, 1.807) is 30.5 Å². The molecule has 2 aromatic heterocycles. The van der Waals surface area contributed by atoms with E-state index in [2.05, 4.69) is 15.3 Å². The quantitative estimate of drug-likeness (QED) is 0.337. The van der Waals surface area contributed by atoms with Gasteiger partial charge < -0.3 is 10.1 Å². The molecule has 0 saturated heterocycles. The summed E-state index contributed by atoms with van der Waals surface area (Å²) in [5.41, 5.74) is 2.85. The van der Waals surface area contributed by atoms with Crippen LogP contribution in [0.3, 0.4) is 0 Å². The molecule has 0 spiro atoms. The molecule has 4 aromatic rings. The molecule has 0 bridgehead atoms. The lowest BCUT2D eigenvalue weighted by atomic mass is 9.94. The van der Waals surface area contributed by atoms with Crippen molar-refractivity contribution in [3.8, 4) is 17.0 Å². The fourth-order valence-electron chi connectivity index (χ4n) is 3.61. The largest absolute Gasteiger partial charge is 0.477 e. The third-order valence-electron chi connectivity index (χ3n) is 5.35. The van der Waals surface area contributed by atoms with E-state index in [1.165, 1.54) is 18.3 Å². The number of benzene rings is 2. The number of anilines is 1. The summed E-state index contributed by atoms with van der Waals surface area (Å²) >= 11 is 0. The van der Waals surface area contributed by atoms with E-state index in [0.717, 1.165) is 23.4 Å². The summed E-state index contributed by atoms with van der Waals surface area (Å²) < 4.78 is 44.5. The monoisotopic (exact) mass is 477 g/mol. The Morgan fingerprint density at radius 2 is 1.74 bits per heavy atom. The van der Waals surface area contributed by atoms with Gasteiger partial charge in [0.25, 0.3) is 5.91 Å². The highest BCUT2D eigenvalue weighted by Crippen LogP contribution is 2.33. The van der Waals surface area contributed by atoms with E-state index < -0.39 is 17.6 Å². The van der Waals surface area contributed by atoms with Crippen molar-refractivity contribution in [1.82, 2.24) is 9.97 Å². The minimum atomic E-state index is -4.42. The molecule has 2 heterocycles. The molecule has 0 unspecified atom stereocenters. The molecule has 0 fully saturated rings. The number of aryl methyl sites for hydroxylation is 1. The number of nitrogens with one attached hydrogen (secondary N) is 1. The maximum atomic E-state index is 13.0. The van der Waals surface area contributed by atoms with Crippen LogP contribution in [0.4, 0.5) is 18.9 Å². The van der Waals surface area contributed by atoms with Crippen LogP contribution in [0.1, 0.15) is 27.2 Å². The van der Waals surface area contributed by atoms with Gasteiger partial charge in [-0.25, -0.2) is 4.98 Å². The van der Waals surface area contributed by atoms with E-state index in [9.17, 15) is 18.0 Å². The van der Waals surface area contributed by atoms with Gasteiger partial charge in [-0.15, -0.1) is 0 Å². The molecular weight excluding hydrogens is 455 g/mol. The first-order valence-electron chi connectivity index (χ1n) is 10.9. The van der Waals surface area contributed by atoms with Crippen LogP contribution >= 0.6 is 0 Å². The molecule has 178 valence electrons. The predicted octanol–water partition coefficient (Wildman–Crippen LogP) is 6.34. The van der Waals surface area contributed by atoms with Crippen LogP contribution in [0.25, 0.3) is 11.1 Å². The fraction of sp³-hybridized carbons (Fsp3) is 0.148. The molecule has 8 heteroatoms. The Morgan fingerprint density at radius 1 is 0.943 bits per heavy atom. The van der Waals surface area contributed by atoms with Crippen LogP contribution in [0.2, 0.25) is 0 Å². The van der Waals surface area contributed by atoms with Crippen molar-refractivity contribution in [2.45, 2.75) is 19.5 Å². The average Bonchev–Trinajstić information content (AvgIpc) is 2.85. The lowest BCUT2D eigenvalue weighted by Gasteiger charge is -2.14. The normalized spacial score (nSPS) is 11.2. The molecule has 2 aromatic carbocycles. The Labute approximate surface area is 200 Å². The molecular formula is C27H22F3N3O2. The second kappa shape index (κ2) is 10.4. The third-order valence-corrected chi connectivity index (χ3v) is 5.35. The zero-order valence-corrected chi connectivity index (χ0v) is 18.8. The molecule has 0 aliphatic carbocycles. The van der Waals surface area contributed by atoms with Crippen molar-refractivity contribution in [2.24, 2.45) is 0 Å². The summed E-state index contributed by atoms with van der Waals surface area (Å²) in [4.78, 5) is 21.5. The van der Waals surface area contributed by atoms with Gasteiger partial charge in [0.05, 0.1) is 24.1 Å². The number of alkyl halides is 3. The van der Waals surface area contributed by atoms with E-state index >= 15 is 0 Å². The van der Waals surface area contributed by atoms with Gasteiger partial charge >= 0.3 is 6.18 Å². The summed E-state index contributed by atoms with van der Waals surface area (Å²) in [6.45, 7) is 2.22. The van der Waals surface area contributed by atoms with E-state index in [0.29, 0.717) is 41.3 Å². The van der Waals surface area contributed by atoms with Crippen LogP contribution < -0.4 is 10.1 Å². The van der Waals surface area contributed by atoms with Crippen LogP contribution in [-0.2, 0) is 12.6 Å². The molecule has 0 aliphatic heterocycles. The van der Waals surface area contributed by atoms with Crippen LogP contribution in [-0.4, -0.2) is 22.5 Å². The number of carbonyl (C=O) groups excluding carboxylic acids is 1. The minimum absolute atomic E-state index is 0.348. The highest BCUT2D eigenvalue weighted by Gasteiger charge is 2.30. The van der Waals surface area contributed by atoms with Gasteiger partial charge in [0.1, 0.15) is 0 Å². The lowest BCUT2D eigenvalue weighted by Crippen LogP contribution is -2.14. The number of ether oxygens (including phenoxy) is 1. The Morgan fingerprint density at radius 3 is 2.40 bits per heavy atom. The first-order valence-corrected chi connectivity index (χ1v) is 10.9. The zero-order valence-electron chi connectivity index (χ0n) is 18.8. The first kappa shape index (κ1) is 23.9. The Balaban J connectivity index is 1.45. The van der Waals surface area contributed by atoms with Crippen molar-refractivity contribution in [3.63, 3.8) is 0 Å². The molecule has 4 rings (SSSR count). The maximum Gasteiger partial charge on any atom is 0.416 e. The van der Waals surface area contributed by atoms with E-state index in [-0.39, 0.29) is 0 Å². The molecule has 0 saturated carbocycles. The average molecular weight is 477 g/mol. The number of amides is 1. The summed E-state index contributed by atoms with van der Waals surface area (Å²) in [5, 5.41) is 2.79. The first-order chi connectivity index (χ1) is 16.8. The smallest absolute Gasteiger partial charge is 0.416 e. The Hall–Kier alpha value is -4.20. The van der Waals surface area contributed by atoms with Crippen molar-refractivity contribution >= 4 is 11.6 Å². The van der Waals surface area contributed by atoms with E-state index in [1.807, 2.05) is 31.2 Å². The van der Waals surface area contributed by atoms with Gasteiger partial charge in [0.2, 0.25) is 5.88 Å². The van der Waals surface area contributed by atoms with Gasteiger partial charge in [-0.3, -0.25) is 9.78 Å². The Bertz CT molecular complexity index is 1290. The van der Waals surface area contributed by atoms with Gasteiger partial charge in [-0.05, 0) is 60.0 Å². The number of nitrogens with zero attached hydrogens (tertiary/aromatic N) is 2. The number of carbonyl (C=O) groups is 1. The SMILES string of the molecule is Cc1cccc(C(=O)Nc2ccc(OCCc3ccccn3)nc2)c1-c1ccc(C(F)(F)F)cc1. The highest BCUT2D eigenvalue weighted by molar-refractivity contribution is 6.09. The van der Waals surface area contributed by atoms with Gasteiger partial charge in [-0.1, -0.05) is 30.3 Å². The number of halogens is 3. The summed E-state index contributed by atoms with van der Waals surface area (Å²) in [7, 11) is 0. The fourth-order valence-corrected chi connectivity index (χ4v) is 3.61. The number of hydrogen-bond donors (Lipinski definition) is 1. The molecule has 1 N–H and O–H groups in total.